The summed E-state index contributed by atoms with van der Waals surface area (Å²) in [5.41, 5.74) is 0.862. The molecule has 2 aliphatic rings. The average molecular weight is 317 g/mol. The fourth-order valence-corrected chi connectivity index (χ4v) is 3.05. The number of anilines is 1. The van der Waals surface area contributed by atoms with Crippen molar-refractivity contribution in [2.75, 3.05) is 50.8 Å². The lowest BCUT2D eigenvalue weighted by Crippen LogP contribution is -2.42. The number of hydrogen-bond donors (Lipinski definition) is 1. The van der Waals surface area contributed by atoms with Crippen molar-refractivity contribution in [1.29, 1.82) is 0 Å². The maximum absolute atomic E-state index is 12.3. The molecular formula is C17H23N3O3. The van der Waals surface area contributed by atoms with E-state index in [-0.39, 0.29) is 24.2 Å². The van der Waals surface area contributed by atoms with E-state index in [1.54, 1.807) is 4.90 Å². The zero-order valence-electron chi connectivity index (χ0n) is 13.2. The van der Waals surface area contributed by atoms with Gasteiger partial charge in [0.25, 0.3) is 0 Å². The van der Waals surface area contributed by atoms with Crippen LogP contribution in [0.5, 0.6) is 0 Å². The zero-order chi connectivity index (χ0) is 16.1. The molecule has 2 aliphatic heterocycles. The molecule has 2 heterocycles. The van der Waals surface area contributed by atoms with Gasteiger partial charge in [-0.15, -0.1) is 0 Å². The van der Waals surface area contributed by atoms with Crippen molar-refractivity contribution in [1.82, 2.24) is 10.2 Å². The highest BCUT2D eigenvalue weighted by Crippen LogP contribution is 2.24. The first-order valence-corrected chi connectivity index (χ1v) is 8.17. The molecule has 6 heteroatoms. The maximum atomic E-state index is 12.3. The van der Waals surface area contributed by atoms with E-state index >= 15 is 0 Å². The molecule has 6 nitrogen and oxygen atoms in total. The van der Waals surface area contributed by atoms with Gasteiger partial charge in [-0.25, -0.2) is 0 Å². The molecule has 0 aliphatic carbocycles. The Hall–Kier alpha value is -1.92. The molecule has 2 amide bonds. The molecule has 2 saturated heterocycles. The van der Waals surface area contributed by atoms with Crippen molar-refractivity contribution in [2.24, 2.45) is 5.92 Å². The molecule has 0 bridgehead atoms. The second-order valence-electron chi connectivity index (χ2n) is 5.99. The summed E-state index contributed by atoms with van der Waals surface area (Å²) in [5, 5.41) is 2.96. The van der Waals surface area contributed by atoms with Crippen molar-refractivity contribution >= 4 is 17.5 Å². The van der Waals surface area contributed by atoms with Gasteiger partial charge < -0.3 is 15.0 Å². The summed E-state index contributed by atoms with van der Waals surface area (Å²) in [6.07, 6.45) is 0.290. The number of carbonyl (C=O) groups is 2. The second kappa shape index (κ2) is 7.57. The molecule has 0 unspecified atom stereocenters. The predicted octanol–water partition coefficient (Wildman–Crippen LogP) is 0.488. The van der Waals surface area contributed by atoms with E-state index in [0.29, 0.717) is 13.1 Å². The fourth-order valence-electron chi connectivity index (χ4n) is 3.05. The summed E-state index contributed by atoms with van der Waals surface area (Å²) in [4.78, 5) is 28.4. The summed E-state index contributed by atoms with van der Waals surface area (Å²) < 4.78 is 5.30. The Bertz CT molecular complexity index is 543. The molecule has 1 aromatic carbocycles. The molecule has 0 radical (unpaired) electrons. The molecule has 1 aromatic rings. The summed E-state index contributed by atoms with van der Waals surface area (Å²) in [7, 11) is 0. The van der Waals surface area contributed by atoms with E-state index in [1.165, 1.54) is 0 Å². The summed E-state index contributed by atoms with van der Waals surface area (Å²) in [5.74, 6) is -0.262. The van der Waals surface area contributed by atoms with Crippen LogP contribution < -0.4 is 10.2 Å². The van der Waals surface area contributed by atoms with E-state index in [0.717, 1.165) is 38.5 Å². The lowest BCUT2D eigenvalue weighted by molar-refractivity contribution is -0.126. The monoisotopic (exact) mass is 317 g/mol. The van der Waals surface area contributed by atoms with Crippen molar-refractivity contribution in [3.63, 3.8) is 0 Å². The summed E-state index contributed by atoms with van der Waals surface area (Å²) in [6, 6.07) is 9.52. The number of carbonyl (C=O) groups excluding carboxylic acids is 2. The molecule has 124 valence electrons. The van der Waals surface area contributed by atoms with Crippen LogP contribution in [0.4, 0.5) is 5.69 Å². The van der Waals surface area contributed by atoms with Crippen LogP contribution in [0, 0.1) is 5.92 Å². The van der Waals surface area contributed by atoms with Crippen LogP contribution >= 0.6 is 0 Å². The van der Waals surface area contributed by atoms with Crippen LogP contribution in [0.25, 0.3) is 0 Å². The van der Waals surface area contributed by atoms with Crippen LogP contribution in [-0.4, -0.2) is 62.7 Å². The molecule has 2 fully saturated rings. The Kier molecular flexibility index (Phi) is 5.25. The van der Waals surface area contributed by atoms with Gasteiger partial charge >= 0.3 is 0 Å². The third kappa shape index (κ3) is 4.09. The van der Waals surface area contributed by atoms with Crippen LogP contribution in [0.1, 0.15) is 6.42 Å². The second-order valence-corrected chi connectivity index (χ2v) is 5.99. The van der Waals surface area contributed by atoms with Gasteiger partial charge in [0.1, 0.15) is 0 Å². The largest absolute Gasteiger partial charge is 0.379 e. The minimum atomic E-state index is -0.257. The number of benzene rings is 1. The van der Waals surface area contributed by atoms with Gasteiger partial charge in [-0.2, -0.15) is 0 Å². The van der Waals surface area contributed by atoms with Gasteiger partial charge in [0.05, 0.1) is 19.1 Å². The van der Waals surface area contributed by atoms with Crippen LogP contribution in [-0.2, 0) is 14.3 Å². The number of nitrogens with one attached hydrogen (secondary N) is 1. The average Bonchev–Trinajstić information content (AvgIpc) is 2.98. The lowest BCUT2D eigenvalue weighted by Gasteiger charge is -2.26. The predicted molar refractivity (Wildman–Crippen MR) is 87.2 cm³/mol. The van der Waals surface area contributed by atoms with E-state index < -0.39 is 0 Å². The molecule has 3 rings (SSSR count). The Morgan fingerprint density at radius 1 is 1.22 bits per heavy atom. The summed E-state index contributed by atoms with van der Waals surface area (Å²) in [6.45, 7) is 5.27. The third-order valence-corrected chi connectivity index (χ3v) is 4.39. The van der Waals surface area contributed by atoms with Gasteiger partial charge in [-0.3, -0.25) is 14.5 Å². The normalized spacial score (nSPS) is 22.3. The Balaban J connectivity index is 1.46. The molecule has 0 spiro atoms. The van der Waals surface area contributed by atoms with Crippen LogP contribution in [0.3, 0.4) is 0 Å². The van der Waals surface area contributed by atoms with Gasteiger partial charge in [0.15, 0.2) is 0 Å². The van der Waals surface area contributed by atoms with E-state index in [4.69, 9.17) is 4.74 Å². The van der Waals surface area contributed by atoms with Crippen LogP contribution in [0.15, 0.2) is 30.3 Å². The van der Waals surface area contributed by atoms with Crippen molar-refractivity contribution in [3.05, 3.63) is 30.3 Å². The molecule has 0 aromatic heterocycles. The van der Waals surface area contributed by atoms with Gasteiger partial charge in [0.2, 0.25) is 11.8 Å². The Morgan fingerprint density at radius 3 is 2.70 bits per heavy atom. The summed E-state index contributed by atoms with van der Waals surface area (Å²) >= 11 is 0. The molecule has 1 atom stereocenters. The van der Waals surface area contributed by atoms with Crippen molar-refractivity contribution in [2.45, 2.75) is 6.42 Å². The van der Waals surface area contributed by atoms with Crippen molar-refractivity contribution in [3.8, 4) is 0 Å². The van der Waals surface area contributed by atoms with Crippen LogP contribution in [0.2, 0.25) is 0 Å². The number of ether oxygens (including phenoxy) is 1. The Morgan fingerprint density at radius 2 is 1.96 bits per heavy atom. The SMILES string of the molecule is O=C(NCCN1CCOCC1)[C@H]1CC(=O)N(c2ccccc2)C1. The smallest absolute Gasteiger partial charge is 0.227 e. The first kappa shape index (κ1) is 16.0. The fraction of sp³-hybridized carbons (Fsp3) is 0.529. The molecule has 0 saturated carbocycles. The van der Waals surface area contributed by atoms with E-state index in [2.05, 4.69) is 10.2 Å². The zero-order valence-corrected chi connectivity index (χ0v) is 13.2. The molecule has 23 heavy (non-hydrogen) atoms. The highest BCUT2D eigenvalue weighted by atomic mass is 16.5. The van der Waals surface area contributed by atoms with E-state index in [9.17, 15) is 9.59 Å². The van der Waals surface area contributed by atoms with Gasteiger partial charge in [-0.05, 0) is 12.1 Å². The number of hydrogen-bond acceptors (Lipinski definition) is 4. The number of rotatable bonds is 5. The third-order valence-electron chi connectivity index (χ3n) is 4.39. The highest BCUT2D eigenvalue weighted by molar-refractivity contribution is 6.00. The van der Waals surface area contributed by atoms with Gasteiger partial charge in [0, 0.05) is 44.8 Å². The number of para-hydroxylation sites is 1. The molecular weight excluding hydrogens is 294 g/mol. The lowest BCUT2D eigenvalue weighted by atomic mass is 10.1. The minimum absolute atomic E-state index is 0.0181. The number of morpholine rings is 1. The standard InChI is InChI=1S/C17H23N3O3/c21-16-12-14(13-20(16)15-4-2-1-3-5-15)17(22)18-6-7-19-8-10-23-11-9-19/h1-5,14H,6-13H2,(H,18,22)/t14-/m0/s1. The first-order chi connectivity index (χ1) is 11.2. The van der Waals surface area contributed by atoms with Gasteiger partial charge in [-0.1, -0.05) is 18.2 Å². The van der Waals surface area contributed by atoms with E-state index in [1.807, 2.05) is 30.3 Å². The highest BCUT2D eigenvalue weighted by Gasteiger charge is 2.34. The maximum Gasteiger partial charge on any atom is 0.227 e. The number of amides is 2. The molecule has 1 N–H and O–H groups in total. The quantitative estimate of drug-likeness (QED) is 0.858. The van der Waals surface area contributed by atoms with Crippen molar-refractivity contribution < 1.29 is 14.3 Å². The Labute approximate surface area is 136 Å². The first-order valence-electron chi connectivity index (χ1n) is 8.17. The minimum Gasteiger partial charge on any atom is -0.379 e. The number of nitrogens with zero attached hydrogens (tertiary/aromatic N) is 2. The topological polar surface area (TPSA) is 61.9 Å².